The van der Waals surface area contributed by atoms with Crippen LogP contribution in [-0.2, 0) is 9.59 Å². The number of carbonyl (C=O) groups is 5. The number of urea groups is 1. The smallest absolute Gasteiger partial charge is 0.319 e. The Morgan fingerprint density at radius 2 is 1.96 bits per heavy atom. The molecule has 3 rings (SSSR count). The summed E-state index contributed by atoms with van der Waals surface area (Å²) in [7, 11) is 0. The molecule has 1 fully saturated rings. The van der Waals surface area contributed by atoms with Crippen molar-refractivity contribution >= 4 is 35.3 Å². The largest absolute Gasteiger partial charge is 0.334 e. The Kier molecular flexibility index (Phi) is 5.02. The van der Waals surface area contributed by atoms with E-state index in [2.05, 4.69) is 16.0 Å². The Labute approximate surface area is 154 Å². The van der Waals surface area contributed by atoms with E-state index in [-0.39, 0.29) is 24.0 Å². The van der Waals surface area contributed by atoms with E-state index in [1.54, 1.807) is 12.2 Å². The molecule has 0 aliphatic carbocycles. The highest BCUT2D eigenvalue weighted by molar-refractivity contribution is 6.23. The average molecular weight is 370 g/mol. The lowest BCUT2D eigenvalue weighted by atomic mass is 10.0. The zero-order chi connectivity index (χ0) is 19.6. The molecule has 2 aliphatic heterocycles. The predicted molar refractivity (Wildman–Crippen MR) is 94.9 cm³/mol. The molecule has 9 heteroatoms. The molecule has 1 atom stereocenters. The van der Waals surface area contributed by atoms with Crippen LogP contribution in [0.5, 0.6) is 0 Å². The lowest BCUT2D eigenvalue weighted by molar-refractivity contribution is -0.136. The van der Waals surface area contributed by atoms with Crippen LogP contribution in [0.25, 0.3) is 0 Å². The summed E-state index contributed by atoms with van der Waals surface area (Å²) < 4.78 is 0. The van der Waals surface area contributed by atoms with Gasteiger partial charge in [-0.15, -0.1) is 0 Å². The number of imide groups is 2. The van der Waals surface area contributed by atoms with E-state index in [0.717, 1.165) is 4.90 Å². The normalized spacial score (nSPS) is 19.3. The molecular formula is C18H18N4O5. The van der Waals surface area contributed by atoms with Crippen molar-refractivity contribution in [3.63, 3.8) is 0 Å². The van der Waals surface area contributed by atoms with E-state index in [1.807, 2.05) is 6.92 Å². The summed E-state index contributed by atoms with van der Waals surface area (Å²) in [4.78, 5) is 61.3. The van der Waals surface area contributed by atoms with Gasteiger partial charge < -0.3 is 10.6 Å². The number of hydrogen-bond donors (Lipinski definition) is 3. The number of piperidine rings is 1. The molecule has 1 aromatic carbocycles. The average Bonchev–Trinajstić information content (AvgIpc) is 2.86. The molecule has 2 aliphatic rings. The highest BCUT2D eigenvalue weighted by Gasteiger charge is 2.44. The summed E-state index contributed by atoms with van der Waals surface area (Å²) in [5, 5.41) is 7.33. The zero-order valence-electron chi connectivity index (χ0n) is 14.6. The van der Waals surface area contributed by atoms with Gasteiger partial charge in [0.15, 0.2) is 0 Å². The van der Waals surface area contributed by atoms with Gasteiger partial charge >= 0.3 is 6.03 Å². The van der Waals surface area contributed by atoms with Crippen molar-refractivity contribution in [2.75, 3.05) is 11.9 Å². The Hall–Kier alpha value is -3.49. The van der Waals surface area contributed by atoms with Crippen molar-refractivity contribution in [3.05, 3.63) is 41.5 Å². The van der Waals surface area contributed by atoms with Crippen LogP contribution in [-0.4, -0.2) is 47.1 Å². The zero-order valence-corrected chi connectivity index (χ0v) is 14.6. The molecule has 9 nitrogen and oxygen atoms in total. The molecule has 1 unspecified atom stereocenters. The monoisotopic (exact) mass is 370 g/mol. The Morgan fingerprint density at radius 3 is 2.67 bits per heavy atom. The molecule has 0 saturated carbocycles. The van der Waals surface area contributed by atoms with Crippen LogP contribution in [0.15, 0.2) is 30.4 Å². The minimum Gasteiger partial charge on any atom is -0.334 e. The van der Waals surface area contributed by atoms with Crippen molar-refractivity contribution in [2.24, 2.45) is 0 Å². The second-order valence-corrected chi connectivity index (χ2v) is 6.11. The summed E-state index contributed by atoms with van der Waals surface area (Å²) >= 11 is 0. The second kappa shape index (κ2) is 7.40. The van der Waals surface area contributed by atoms with Crippen LogP contribution in [0.2, 0.25) is 0 Å². The molecule has 2 heterocycles. The quantitative estimate of drug-likeness (QED) is 0.534. The molecule has 1 saturated heterocycles. The fourth-order valence-corrected chi connectivity index (χ4v) is 2.99. The van der Waals surface area contributed by atoms with E-state index in [0.29, 0.717) is 12.2 Å². The Balaban J connectivity index is 1.77. The summed E-state index contributed by atoms with van der Waals surface area (Å²) in [6.07, 6.45) is 3.71. The van der Waals surface area contributed by atoms with Gasteiger partial charge in [-0.25, -0.2) is 4.79 Å². The molecule has 0 bridgehead atoms. The van der Waals surface area contributed by atoms with Gasteiger partial charge in [0.05, 0.1) is 11.1 Å². The lowest BCUT2D eigenvalue weighted by Gasteiger charge is -2.27. The van der Waals surface area contributed by atoms with Gasteiger partial charge in [-0.1, -0.05) is 12.2 Å². The molecule has 3 N–H and O–H groups in total. The maximum atomic E-state index is 12.7. The van der Waals surface area contributed by atoms with Crippen LogP contribution in [0.1, 0.15) is 40.5 Å². The van der Waals surface area contributed by atoms with Crippen LogP contribution >= 0.6 is 0 Å². The van der Waals surface area contributed by atoms with Crippen molar-refractivity contribution < 1.29 is 24.0 Å². The van der Waals surface area contributed by atoms with E-state index in [9.17, 15) is 24.0 Å². The second-order valence-electron chi connectivity index (χ2n) is 6.11. The number of benzene rings is 1. The van der Waals surface area contributed by atoms with Crippen molar-refractivity contribution in [3.8, 4) is 0 Å². The van der Waals surface area contributed by atoms with Crippen LogP contribution < -0.4 is 16.0 Å². The maximum absolute atomic E-state index is 12.7. The SMILES string of the molecule is C/C=C/CNC(=O)Nc1ccc2c(c1)C(=O)N(C1CCC(=O)NC1=O)C2=O. The number of fused-ring (bicyclic) bond motifs is 1. The molecule has 140 valence electrons. The van der Waals surface area contributed by atoms with Crippen molar-refractivity contribution in [2.45, 2.75) is 25.8 Å². The number of nitrogens with zero attached hydrogens (tertiary/aromatic N) is 1. The Bertz CT molecular complexity index is 877. The van der Waals surface area contributed by atoms with Gasteiger partial charge in [0, 0.05) is 18.7 Å². The highest BCUT2D eigenvalue weighted by Crippen LogP contribution is 2.29. The number of allylic oxidation sites excluding steroid dienone is 1. The number of rotatable bonds is 4. The first-order valence-electron chi connectivity index (χ1n) is 8.44. The molecule has 0 radical (unpaired) electrons. The van der Waals surface area contributed by atoms with E-state index < -0.39 is 35.7 Å². The van der Waals surface area contributed by atoms with Gasteiger partial charge in [-0.05, 0) is 31.5 Å². The molecule has 27 heavy (non-hydrogen) atoms. The van der Waals surface area contributed by atoms with Gasteiger partial charge in [0.25, 0.3) is 11.8 Å². The third-order valence-electron chi connectivity index (χ3n) is 4.31. The molecule has 1 aromatic rings. The van der Waals surface area contributed by atoms with E-state index >= 15 is 0 Å². The fourth-order valence-electron chi connectivity index (χ4n) is 2.99. The van der Waals surface area contributed by atoms with Gasteiger partial charge in [0.1, 0.15) is 6.04 Å². The highest BCUT2D eigenvalue weighted by atomic mass is 16.2. The summed E-state index contributed by atoms with van der Waals surface area (Å²) in [6.45, 7) is 2.19. The van der Waals surface area contributed by atoms with Crippen molar-refractivity contribution in [1.82, 2.24) is 15.5 Å². The van der Waals surface area contributed by atoms with E-state index in [4.69, 9.17) is 0 Å². The third-order valence-corrected chi connectivity index (χ3v) is 4.31. The van der Waals surface area contributed by atoms with Crippen LogP contribution in [0, 0.1) is 0 Å². The number of anilines is 1. The van der Waals surface area contributed by atoms with Crippen LogP contribution in [0.4, 0.5) is 10.5 Å². The summed E-state index contributed by atoms with van der Waals surface area (Å²) in [5.74, 6) is -2.30. The molecule has 6 amide bonds. The van der Waals surface area contributed by atoms with Crippen LogP contribution in [0.3, 0.4) is 0 Å². The first-order chi connectivity index (χ1) is 12.9. The number of carbonyl (C=O) groups excluding carboxylic acids is 5. The van der Waals surface area contributed by atoms with E-state index in [1.165, 1.54) is 18.2 Å². The predicted octanol–water partition coefficient (Wildman–Crippen LogP) is 0.785. The number of hydrogen-bond acceptors (Lipinski definition) is 5. The Morgan fingerprint density at radius 1 is 1.22 bits per heavy atom. The summed E-state index contributed by atoms with van der Waals surface area (Å²) in [5.41, 5.74) is 0.610. The maximum Gasteiger partial charge on any atom is 0.319 e. The van der Waals surface area contributed by atoms with Gasteiger partial charge in [-0.3, -0.25) is 29.4 Å². The fraction of sp³-hybridized carbons (Fsp3) is 0.278. The third kappa shape index (κ3) is 3.57. The lowest BCUT2D eigenvalue weighted by Crippen LogP contribution is -2.54. The minimum atomic E-state index is -1.02. The standard InChI is InChI=1S/C18H18N4O5/c1-2-3-8-19-18(27)20-10-4-5-11-12(9-10)17(26)22(16(11)25)13-6-7-14(23)21-15(13)24/h2-5,9,13H,6-8H2,1H3,(H2,19,20,27)(H,21,23,24)/b3-2+. The first kappa shape index (κ1) is 18.3. The van der Waals surface area contributed by atoms with Gasteiger partial charge in [-0.2, -0.15) is 0 Å². The summed E-state index contributed by atoms with van der Waals surface area (Å²) in [6, 6.07) is 2.87. The molecule has 0 spiro atoms. The van der Waals surface area contributed by atoms with Gasteiger partial charge in [0.2, 0.25) is 11.8 Å². The molecule has 0 aromatic heterocycles. The first-order valence-corrected chi connectivity index (χ1v) is 8.44. The number of nitrogens with one attached hydrogen (secondary N) is 3. The number of amides is 6. The molecular weight excluding hydrogens is 352 g/mol. The topological polar surface area (TPSA) is 125 Å². The van der Waals surface area contributed by atoms with Crippen molar-refractivity contribution in [1.29, 1.82) is 0 Å². The minimum absolute atomic E-state index is 0.0585.